The van der Waals surface area contributed by atoms with Gasteiger partial charge < -0.3 is 14.5 Å². The number of amides is 1. The smallest absolute Gasteiger partial charge is 0.277 e. The molecule has 0 aliphatic carbocycles. The molecule has 0 saturated carbocycles. The molecule has 0 fully saturated rings. The minimum absolute atomic E-state index is 0.160. The molecule has 3 aromatic rings. The quantitative estimate of drug-likeness (QED) is 0.619. The third-order valence-corrected chi connectivity index (χ3v) is 4.84. The Hall–Kier alpha value is -2.80. The Kier molecular flexibility index (Phi) is 6.13. The summed E-state index contributed by atoms with van der Waals surface area (Å²) >= 11 is 1.23. The lowest BCUT2D eigenvalue weighted by Gasteiger charge is -2.13. The number of methoxy groups -OCH3 is 1. The van der Waals surface area contributed by atoms with Crippen LogP contribution in [0.5, 0.6) is 5.75 Å². The normalized spacial score (nSPS) is 11.8. The van der Waals surface area contributed by atoms with E-state index in [0.717, 1.165) is 11.1 Å². The van der Waals surface area contributed by atoms with Gasteiger partial charge in [0.05, 0.1) is 24.5 Å². The highest BCUT2D eigenvalue weighted by Crippen LogP contribution is 2.28. The number of thioether (sulfide) groups is 1. The largest absolute Gasteiger partial charge is 0.495 e. The first-order chi connectivity index (χ1) is 13.0. The summed E-state index contributed by atoms with van der Waals surface area (Å²) in [5, 5.41) is 11.0. The average Bonchev–Trinajstić information content (AvgIpc) is 3.09. The molecule has 27 heavy (non-hydrogen) atoms. The van der Waals surface area contributed by atoms with Crippen molar-refractivity contribution < 1.29 is 13.9 Å². The number of hydrogen-bond acceptors (Lipinski definition) is 6. The molecule has 0 aliphatic rings. The van der Waals surface area contributed by atoms with E-state index in [1.807, 2.05) is 55.5 Å². The van der Waals surface area contributed by atoms with Gasteiger partial charge in [0.25, 0.3) is 5.22 Å². The van der Waals surface area contributed by atoms with Gasteiger partial charge in [0.1, 0.15) is 5.75 Å². The Morgan fingerprint density at radius 3 is 2.74 bits per heavy atom. The molecular weight excluding hydrogens is 362 g/mol. The van der Waals surface area contributed by atoms with Gasteiger partial charge in [-0.05, 0) is 37.1 Å². The fraction of sp³-hybridized carbons (Fsp3) is 0.250. The van der Waals surface area contributed by atoms with Crippen molar-refractivity contribution >= 4 is 23.4 Å². The van der Waals surface area contributed by atoms with Crippen LogP contribution in [-0.2, 0) is 11.2 Å². The molecule has 2 aromatic carbocycles. The van der Waals surface area contributed by atoms with Crippen LogP contribution in [-0.4, -0.2) is 28.5 Å². The molecular formula is C20H21N3O3S. The van der Waals surface area contributed by atoms with Gasteiger partial charge in [-0.25, -0.2) is 0 Å². The maximum atomic E-state index is 12.5. The molecule has 1 N–H and O–H groups in total. The second-order valence-electron chi connectivity index (χ2n) is 6.08. The van der Waals surface area contributed by atoms with Crippen molar-refractivity contribution in [2.75, 3.05) is 12.4 Å². The highest BCUT2D eigenvalue weighted by Gasteiger charge is 2.19. The number of anilines is 1. The number of hydrogen-bond donors (Lipinski definition) is 1. The fourth-order valence-electron chi connectivity index (χ4n) is 2.49. The number of nitrogens with zero attached hydrogens (tertiary/aromatic N) is 2. The van der Waals surface area contributed by atoms with Gasteiger partial charge in [-0.15, -0.1) is 10.2 Å². The van der Waals surface area contributed by atoms with Crippen LogP contribution >= 0.6 is 11.8 Å². The lowest BCUT2D eigenvalue weighted by molar-refractivity contribution is -0.115. The van der Waals surface area contributed by atoms with Crippen LogP contribution in [0.15, 0.2) is 58.2 Å². The SMILES string of the molecule is COc1ccc(C)cc1NC(=O)[C@@H](C)Sc1nnc(Cc2ccccc2)o1. The van der Waals surface area contributed by atoms with E-state index >= 15 is 0 Å². The second-order valence-corrected chi connectivity index (χ2v) is 7.37. The molecule has 7 heteroatoms. The molecule has 1 amide bonds. The minimum Gasteiger partial charge on any atom is -0.495 e. The summed E-state index contributed by atoms with van der Waals surface area (Å²) in [5.74, 6) is 0.984. The van der Waals surface area contributed by atoms with Crippen LogP contribution in [0.3, 0.4) is 0 Å². The first-order valence-electron chi connectivity index (χ1n) is 8.53. The number of nitrogens with one attached hydrogen (secondary N) is 1. The van der Waals surface area contributed by atoms with E-state index in [2.05, 4.69) is 15.5 Å². The minimum atomic E-state index is -0.403. The standard InChI is InChI=1S/C20H21N3O3S/c1-13-9-10-17(25-3)16(11-13)21-19(24)14(2)27-20-23-22-18(26-20)12-15-7-5-4-6-8-15/h4-11,14H,12H2,1-3H3,(H,21,24)/t14-/m1/s1. The van der Waals surface area contributed by atoms with Gasteiger partial charge in [-0.1, -0.05) is 48.2 Å². The van der Waals surface area contributed by atoms with Crippen LogP contribution < -0.4 is 10.1 Å². The molecule has 0 aliphatic heterocycles. The Morgan fingerprint density at radius 2 is 2.00 bits per heavy atom. The number of ether oxygens (including phenoxy) is 1. The van der Waals surface area contributed by atoms with Crippen LogP contribution in [0, 0.1) is 6.92 Å². The van der Waals surface area contributed by atoms with Gasteiger partial charge >= 0.3 is 0 Å². The molecule has 0 bridgehead atoms. The van der Waals surface area contributed by atoms with Gasteiger partial charge in [0.15, 0.2) is 0 Å². The van der Waals surface area contributed by atoms with Crippen molar-refractivity contribution in [2.45, 2.75) is 30.7 Å². The zero-order valence-corrected chi connectivity index (χ0v) is 16.2. The summed E-state index contributed by atoms with van der Waals surface area (Å²) < 4.78 is 11.0. The average molecular weight is 383 g/mol. The third-order valence-electron chi connectivity index (χ3n) is 3.91. The van der Waals surface area contributed by atoms with Crippen molar-refractivity contribution in [3.8, 4) is 5.75 Å². The molecule has 1 aromatic heterocycles. The van der Waals surface area contributed by atoms with Crippen LogP contribution in [0.25, 0.3) is 0 Å². The van der Waals surface area contributed by atoms with Crippen molar-refractivity contribution in [1.29, 1.82) is 0 Å². The maximum Gasteiger partial charge on any atom is 0.277 e. The lowest BCUT2D eigenvalue weighted by Crippen LogP contribution is -2.22. The predicted octanol–water partition coefficient (Wildman–Crippen LogP) is 4.10. The van der Waals surface area contributed by atoms with Gasteiger partial charge in [0.2, 0.25) is 11.8 Å². The Bertz CT molecular complexity index is 912. The van der Waals surface area contributed by atoms with Crippen LogP contribution in [0.4, 0.5) is 5.69 Å². The zero-order valence-electron chi connectivity index (χ0n) is 15.4. The van der Waals surface area contributed by atoms with Gasteiger partial charge in [-0.3, -0.25) is 4.79 Å². The molecule has 3 rings (SSSR count). The Morgan fingerprint density at radius 1 is 1.22 bits per heavy atom. The molecule has 6 nitrogen and oxygen atoms in total. The molecule has 0 spiro atoms. The number of aromatic nitrogens is 2. The second kappa shape index (κ2) is 8.73. The molecule has 0 saturated heterocycles. The lowest BCUT2D eigenvalue weighted by atomic mass is 10.2. The van der Waals surface area contributed by atoms with Gasteiger partial charge in [0, 0.05) is 0 Å². The first-order valence-corrected chi connectivity index (χ1v) is 9.41. The molecule has 1 heterocycles. The summed E-state index contributed by atoms with van der Waals surface area (Å²) in [7, 11) is 1.57. The third kappa shape index (κ3) is 5.10. The van der Waals surface area contributed by atoms with E-state index in [9.17, 15) is 4.79 Å². The molecule has 1 atom stereocenters. The number of carbonyl (C=O) groups excluding carboxylic acids is 1. The summed E-state index contributed by atoms with van der Waals surface area (Å²) in [4.78, 5) is 12.5. The van der Waals surface area contributed by atoms with Crippen LogP contribution in [0.2, 0.25) is 0 Å². The van der Waals surface area contributed by atoms with E-state index in [1.165, 1.54) is 11.8 Å². The van der Waals surface area contributed by atoms with E-state index < -0.39 is 5.25 Å². The fourth-order valence-corrected chi connectivity index (χ4v) is 3.19. The zero-order chi connectivity index (χ0) is 19.2. The number of rotatable bonds is 7. The van der Waals surface area contributed by atoms with Crippen molar-refractivity contribution in [1.82, 2.24) is 10.2 Å². The summed E-state index contributed by atoms with van der Waals surface area (Å²) in [6.07, 6.45) is 0.565. The maximum absolute atomic E-state index is 12.5. The number of carbonyl (C=O) groups is 1. The van der Waals surface area contributed by atoms with Crippen LogP contribution in [0.1, 0.15) is 23.9 Å². The Labute approximate surface area is 162 Å². The number of aryl methyl sites for hydroxylation is 1. The first kappa shape index (κ1) is 19.0. The van der Waals surface area contributed by atoms with E-state index in [4.69, 9.17) is 9.15 Å². The van der Waals surface area contributed by atoms with E-state index in [0.29, 0.717) is 29.0 Å². The number of benzene rings is 2. The molecule has 0 radical (unpaired) electrons. The van der Waals surface area contributed by atoms with Crippen molar-refractivity contribution in [3.05, 3.63) is 65.5 Å². The van der Waals surface area contributed by atoms with Gasteiger partial charge in [-0.2, -0.15) is 0 Å². The molecule has 140 valence electrons. The van der Waals surface area contributed by atoms with E-state index in [1.54, 1.807) is 14.0 Å². The highest BCUT2D eigenvalue weighted by atomic mass is 32.2. The molecule has 0 unspecified atom stereocenters. The monoisotopic (exact) mass is 383 g/mol. The summed E-state index contributed by atoms with van der Waals surface area (Å²) in [6, 6.07) is 15.5. The highest BCUT2D eigenvalue weighted by molar-refractivity contribution is 8.00. The van der Waals surface area contributed by atoms with Crippen molar-refractivity contribution in [2.24, 2.45) is 0 Å². The topological polar surface area (TPSA) is 77.2 Å². The van der Waals surface area contributed by atoms with E-state index in [-0.39, 0.29) is 5.91 Å². The Balaban J connectivity index is 1.61. The van der Waals surface area contributed by atoms with Crippen molar-refractivity contribution in [3.63, 3.8) is 0 Å². The summed E-state index contributed by atoms with van der Waals surface area (Å²) in [6.45, 7) is 3.75. The summed E-state index contributed by atoms with van der Waals surface area (Å²) in [5.41, 5.74) is 2.77. The predicted molar refractivity (Wildman–Crippen MR) is 105 cm³/mol.